The first-order chi connectivity index (χ1) is 10.5. The van der Waals surface area contributed by atoms with Gasteiger partial charge in [-0.1, -0.05) is 18.2 Å². The first kappa shape index (κ1) is 16.0. The molecule has 0 unspecified atom stereocenters. The Kier molecular flexibility index (Phi) is 5.14. The number of piperidine rings is 1. The summed E-state index contributed by atoms with van der Waals surface area (Å²) in [7, 11) is 0. The minimum absolute atomic E-state index is 0.0117. The second kappa shape index (κ2) is 7.06. The van der Waals surface area contributed by atoms with Crippen molar-refractivity contribution in [3.63, 3.8) is 0 Å². The van der Waals surface area contributed by atoms with Gasteiger partial charge in [0, 0.05) is 31.6 Å². The van der Waals surface area contributed by atoms with Crippen molar-refractivity contribution in [2.45, 2.75) is 25.8 Å². The van der Waals surface area contributed by atoms with Crippen LogP contribution in [0.3, 0.4) is 0 Å². The van der Waals surface area contributed by atoms with Crippen molar-refractivity contribution >= 4 is 17.8 Å². The van der Waals surface area contributed by atoms with Gasteiger partial charge in [0.05, 0.1) is 0 Å². The predicted octanol–water partition coefficient (Wildman–Crippen LogP) is 1.22. The van der Waals surface area contributed by atoms with Crippen LogP contribution in [-0.2, 0) is 9.59 Å². The Morgan fingerprint density at radius 3 is 2.27 bits per heavy atom. The number of carboxylic acids is 1. The lowest BCUT2D eigenvalue weighted by Gasteiger charge is -2.37. The maximum absolute atomic E-state index is 12.6. The van der Waals surface area contributed by atoms with Gasteiger partial charge in [0.25, 0.3) is 5.91 Å². The predicted molar refractivity (Wildman–Crippen MR) is 80.4 cm³/mol. The molecule has 0 aliphatic carbocycles. The van der Waals surface area contributed by atoms with E-state index in [0.29, 0.717) is 31.5 Å². The Labute approximate surface area is 129 Å². The highest BCUT2D eigenvalue weighted by atomic mass is 16.4. The van der Waals surface area contributed by atoms with E-state index in [4.69, 9.17) is 5.11 Å². The van der Waals surface area contributed by atoms with Gasteiger partial charge in [0.2, 0.25) is 5.91 Å². The van der Waals surface area contributed by atoms with Crippen LogP contribution in [0.25, 0.3) is 0 Å². The molecule has 2 amide bonds. The number of aliphatic carboxylic acids is 1. The lowest BCUT2D eigenvalue weighted by molar-refractivity contribution is -0.139. The zero-order chi connectivity index (χ0) is 16.1. The van der Waals surface area contributed by atoms with Gasteiger partial charge in [-0.2, -0.15) is 0 Å². The molecule has 0 atom stereocenters. The standard InChI is InChI=1S/C16H20N2O4/c1-12(19)17-9-7-14(8-10-17)18(11-15(20)21)16(22)13-5-3-2-4-6-13/h2-6,14H,7-11H2,1H3,(H,20,21). The van der Waals surface area contributed by atoms with E-state index in [-0.39, 0.29) is 24.4 Å². The summed E-state index contributed by atoms with van der Waals surface area (Å²) in [6.45, 7) is 2.30. The number of hydrogen-bond donors (Lipinski definition) is 1. The van der Waals surface area contributed by atoms with E-state index in [1.165, 1.54) is 11.8 Å². The fourth-order valence-corrected chi connectivity index (χ4v) is 2.75. The van der Waals surface area contributed by atoms with Crippen LogP contribution in [0.15, 0.2) is 30.3 Å². The van der Waals surface area contributed by atoms with Crippen LogP contribution in [0, 0.1) is 0 Å². The number of hydrogen-bond acceptors (Lipinski definition) is 3. The van der Waals surface area contributed by atoms with Gasteiger partial charge in [-0.05, 0) is 25.0 Å². The zero-order valence-corrected chi connectivity index (χ0v) is 12.6. The van der Waals surface area contributed by atoms with Gasteiger partial charge >= 0.3 is 5.97 Å². The van der Waals surface area contributed by atoms with Crippen LogP contribution < -0.4 is 0 Å². The lowest BCUT2D eigenvalue weighted by atomic mass is 10.0. The quantitative estimate of drug-likeness (QED) is 0.907. The number of nitrogens with zero attached hydrogens (tertiary/aromatic N) is 2. The van der Waals surface area contributed by atoms with Crippen molar-refractivity contribution in [3.05, 3.63) is 35.9 Å². The largest absolute Gasteiger partial charge is 0.480 e. The highest BCUT2D eigenvalue weighted by Gasteiger charge is 2.30. The molecular formula is C16H20N2O4. The van der Waals surface area contributed by atoms with E-state index < -0.39 is 5.97 Å². The molecule has 0 spiro atoms. The summed E-state index contributed by atoms with van der Waals surface area (Å²) in [6, 6.07) is 8.53. The smallest absolute Gasteiger partial charge is 0.323 e. The Morgan fingerprint density at radius 2 is 1.77 bits per heavy atom. The van der Waals surface area contributed by atoms with Crippen LogP contribution >= 0.6 is 0 Å². The fraction of sp³-hybridized carbons (Fsp3) is 0.438. The maximum atomic E-state index is 12.6. The van der Waals surface area contributed by atoms with Gasteiger partial charge in [0.1, 0.15) is 6.54 Å². The Bertz CT molecular complexity index is 551. The second-order valence-corrected chi connectivity index (χ2v) is 5.43. The molecule has 6 heteroatoms. The summed E-state index contributed by atoms with van der Waals surface area (Å²) in [4.78, 5) is 38.2. The van der Waals surface area contributed by atoms with Gasteiger partial charge < -0.3 is 14.9 Å². The highest BCUT2D eigenvalue weighted by Crippen LogP contribution is 2.19. The normalized spacial score (nSPS) is 15.4. The zero-order valence-electron chi connectivity index (χ0n) is 12.6. The van der Waals surface area contributed by atoms with Crippen molar-refractivity contribution in [1.82, 2.24) is 9.80 Å². The van der Waals surface area contributed by atoms with Gasteiger partial charge in [-0.25, -0.2) is 0 Å². The molecule has 118 valence electrons. The number of carboxylic acid groups (broad SMARTS) is 1. The van der Waals surface area contributed by atoms with Crippen LogP contribution in [-0.4, -0.2) is 58.4 Å². The summed E-state index contributed by atoms with van der Waals surface area (Å²) in [5.41, 5.74) is 0.484. The van der Waals surface area contributed by atoms with Crippen molar-refractivity contribution < 1.29 is 19.5 Å². The summed E-state index contributed by atoms with van der Waals surface area (Å²) in [6.07, 6.45) is 1.21. The summed E-state index contributed by atoms with van der Waals surface area (Å²) in [5.74, 6) is -1.29. The van der Waals surface area contributed by atoms with E-state index in [1.807, 2.05) is 6.07 Å². The summed E-state index contributed by atoms with van der Waals surface area (Å²) in [5, 5.41) is 9.09. The summed E-state index contributed by atoms with van der Waals surface area (Å²) >= 11 is 0. The van der Waals surface area contributed by atoms with E-state index in [2.05, 4.69) is 0 Å². The van der Waals surface area contributed by atoms with E-state index in [1.54, 1.807) is 29.2 Å². The molecule has 1 fully saturated rings. The number of likely N-dealkylation sites (tertiary alicyclic amines) is 1. The molecule has 1 aromatic carbocycles. The second-order valence-electron chi connectivity index (χ2n) is 5.43. The monoisotopic (exact) mass is 304 g/mol. The average Bonchev–Trinajstić information content (AvgIpc) is 2.53. The molecular weight excluding hydrogens is 284 g/mol. The molecule has 1 aromatic rings. The van der Waals surface area contributed by atoms with Crippen LogP contribution in [0.5, 0.6) is 0 Å². The number of carbonyl (C=O) groups excluding carboxylic acids is 2. The van der Waals surface area contributed by atoms with Crippen LogP contribution in [0.4, 0.5) is 0 Å². The Balaban J connectivity index is 2.12. The fourth-order valence-electron chi connectivity index (χ4n) is 2.75. The molecule has 2 rings (SSSR count). The summed E-state index contributed by atoms with van der Waals surface area (Å²) < 4.78 is 0. The van der Waals surface area contributed by atoms with Crippen molar-refractivity contribution in [3.8, 4) is 0 Å². The molecule has 6 nitrogen and oxygen atoms in total. The van der Waals surface area contributed by atoms with Crippen LogP contribution in [0.2, 0.25) is 0 Å². The average molecular weight is 304 g/mol. The lowest BCUT2D eigenvalue weighted by Crippen LogP contribution is -2.50. The van der Waals surface area contributed by atoms with E-state index >= 15 is 0 Å². The molecule has 1 aliphatic rings. The molecule has 1 aliphatic heterocycles. The third-order valence-electron chi connectivity index (χ3n) is 3.94. The maximum Gasteiger partial charge on any atom is 0.323 e. The number of rotatable bonds is 4. The SMILES string of the molecule is CC(=O)N1CCC(N(CC(=O)O)C(=O)c2ccccc2)CC1. The van der Waals surface area contributed by atoms with Gasteiger partial charge in [0.15, 0.2) is 0 Å². The number of benzene rings is 1. The molecule has 0 saturated carbocycles. The first-order valence-corrected chi connectivity index (χ1v) is 7.32. The Morgan fingerprint density at radius 1 is 1.18 bits per heavy atom. The molecule has 1 heterocycles. The molecule has 22 heavy (non-hydrogen) atoms. The number of amides is 2. The van der Waals surface area contributed by atoms with Gasteiger partial charge in [-0.3, -0.25) is 14.4 Å². The first-order valence-electron chi connectivity index (χ1n) is 7.32. The van der Waals surface area contributed by atoms with Crippen molar-refractivity contribution in [2.75, 3.05) is 19.6 Å². The third-order valence-corrected chi connectivity index (χ3v) is 3.94. The van der Waals surface area contributed by atoms with Gasteiger partial charge in [-0.15, -0.1) is 0 Å². The molecule has 1 N–H and O–H groups in total. The molecule has 0 radical (unpaired) electrons. The highest BCUT2D eigenvalue weighted by molar-refractivity contribution is 5.96. The molecule has 0 bridgehead atoms. The topological polar surface area (TPSA) is 77.9 Å². The van der Waals surface area contributed by atoms with Crippen molar-refractivity contribution in [1.29, 1.82) is 0 Å². The molecule has 1 saturated heterocycles. The van der Waals surface area contributed by atoms with E-state index in [0.717, 1.165) is 0 Å². The minimum atomic E-state index is -1.03. The third kappa shape index (κ3) is 3.84. The van der Waals surface area contributed by atoms with Crippen molar-refractivity contribution in [2.24, 2.45) is 0 Å². The van der Waals surface area contributed by atoms with Crippen LogP contribution in [0.1, 0.15) is 30.1 Å². The minimum Gasteiger partial charge on any atom is -0.480 e. The number of carbonyl (C=O) groups is 3. The molecule has 0 aromatic heterocycles. The van der Waals surface area contributed by atoms with E-state index in [9.17, 15) is 14.4 Å². The Hall–Kier alpha value is -2.37.